The van der Waals surface area contributed by atoms with Crippen LogP contribution in [0.25, 0.3) is 0 Å². The molecule has 1 aliphatic heterocycles. The van der Waals surface area contributed by atoms with Crippen LogP contribution >= 0.6 is 0 Å². The van der Waals surface area contributed by atoms with Gasteiger partial charge in [0.1, 0.15) is 11.9 Å². The summed E-state index contributed by atoms with van der Waals surface area (Å²) in [6.07, 6.45) is 1.98. The van der Waals surface area contributed by atoms with E-state index >= 15 is 0 Å². The van der Waals surface area contributed by atoms with Gasteiger partial charge in [0.05, 0.1) is 19.1 Å². The highest BCUT2D eigenvalue weighted by Gasteiger charge is 2.19. The molecule has 1 amide bonds. The number of amides is 1. The van der Waals surface area contributed by atoms with Crippen molar-refractivity contribution in [2.75, 3.05) is 18.5 Å². The fourth-order valence-electron chi connectivity index (χ4n) is 2.44. The third kappa shape index (κ3) is 5.58. The van der Waals surface area contributed by atoms with Crippen molar-refractivity contribution < 1.29 is 28.6 Å². The summed E-state index contributed by atoms with van der Waals surface area (Å²) < 4.78 is 24.8. The van der Waals surface area contributed by atoms with E-state index in [0.717, 1.165) is 31.9 Å². The van der Waals surface area contributed by atoms with E-state index in [1.165, 1.54) is 12.1 Å². The Bertz CT molecular complexity index is 586. The van der Waals surface area contributed by atoms with Crippen LogP contribution < -0.4 is 5.32 Å². The smallest absolute Gasteiger partial charge is 0.307 e. The number of carboxylic acids is 1. The lowest BCUT2D eigenvalue weighted by atomic mass is 10.1. The van der Waals surface area contributed by atoms with Gasteiger partial charge in [-0.15, -0.1) is 0 Å². The number of halogens is 1. The van der Waals surface area contributed by atoms with Crippen LogP contribution in [0, 0.1) is 5.82 Å². The number of rotatable bonds is 7. The second kappa shape index (κ2) is 8.75. The van der Waals surface area contributed by atoms with Crippen LogP contribution in [0.15, 0.2) is 18.2 Å². The molecular weight excluding hydrogens is 317 g/mol. The molecule has 0 spiro atoms. The molecule has 2 rings (SSSR count). The maximum absolute atomic E-state index is 13.8. The van der Waals surface area contributed by atoms with Crippen LogP contribution in [0.2, 0.25) is 0 Å². The largest absolute Gasteiger partial charge is 0.481 e. The van der Waals surface area contributed by atoms with Crippen molar-refractivity contribution in [3.63, 3.8) is 0 Å². The lowest BCUT2D eigenvalue weighted by molar-refractivity contribution is -0.136. The third-order valence-corrected chi connectivity index (χ3v) is 3.84. The van der Waals surface area contributed by atoms with Gasteiger partial charge < -0.3 is 19.9 Å². The van der Waals surface area contributed by atoms with Crippen LogP contribution in [0.5, 0.6) is 0 Å². The SMILES string of the molecule is CC(OCC1CCCCO1)C(=O)Nc1ccc(CC(=O)O)c(F)c1. The van der Waals surface area contributed by atoms with Crippen molar-refractivity contribution in [1.82, 2.24) is 0 Å². The molecule has 0 saturated carbocycles. The van der Waals surface area contributed by atoms with Gasteiger partial charge in [0, 0.05) is 12.3 Å². The second-order valence-corrected chi connectivity index (χ2v) is 5.83. The van der Waals surface area contributed by atoms with Crippen molar-refractivity contribution in [3.05, 3.63) is 29.6 Å². The summed E-state index contributed by atoms with van der Waals surface area (Å²) in [5.41, 5.74) is 0.329. The van der Waals surface area contributed by atoms with Crippen LogP contribution in [0.3, 0.4) is 0 Å². The number of ether oxygens (including phenoxy) is 2. The average molecular weight is 339 g/mol. The summed E-state index contributed by atoms with van der Waals surface area (Å²) >= 11 is 0. The van der Waals surface area contributed by atoms with Crippen molar-refractivity contribution in [3.8, 4) is 0 Å². The van der Waals surface area contributed by atoms with Gasteiger partial charge in [-0.3, -0.25) is 9.59 Å². The number of hydrogen-bond acceptors (Lipinski definition) is 4. The predicted molar refractivity (Wildman–Crippen MR) is 85.4 cm³/mol. The first kappa shape index (κ1) is 18.4. The number of benzene rings is 1. The van der Waals surface area contributed by atoms with E-state index in [4.69, 9.17) is 14.6 Å². The van der Waals surface area contributed by atoms with Crippen LogP contribution in [0.4, 0.5) is 10.1 Å². The Morgan fingerprint density at radius 3 is 2.88 bits per heavy atom. The molecule has 1 heterocycles. The van der Waals surface area contributed by atoms with Gasteiger partial charge in [-0.1, -0.05) is 6.07 Å². The number of carboxylic acid groups (broad SMARTS) is 1. The molecule has 0 aromatic heterocycles. The molecule has 1 aromatic rings. The highest BCUT2D eigenvalue weighted by Crippen LogP contribution is 2.17. The molecule has 0 bridgehead atoms. The quantitative estimate of drug-likeness (QED) is 0.797. The first-order valence-electron chi connectivity index (χ1n) is 8.00. The van der Waals surface area contributed by atoms with Gasteiger partial charge in [-0.25, -0.2) is 4.39 Å². The van der Waals surface area contributed by atoms with Gasteiger partial charge in [0.25, 0.3) is 5.91 Å². The molecule has 2 N–H and O–H groups in total. The predicted octanol–water partition coefficient (Wildman–Crippen LogP) is 2.37. The van der Waals surface area contributed by atoms with E-state index in [9.17, 15) is 14.0 Å². The molecule has 2 atom stereocenters. The maximum atomic E-state index is 13.8. The zero-order chi connectivity index (χ0) is 17.5. The van der Waals surface area contributed by atoms with E-state index < -0.39 is 30.2 Å². The summed E-state index contributed by atoms with van der Waals surface area (Å²) in [4.78, 5) is 22.7. The number of aliphatic carboxylic acids is 1. The van der Waals surface area contributed by atoms with Crippen LogP contribution in [-0.4, -0.2) is 42.4 Å². The fraction of sp³-hybridized carbons (Fsp3) is 0.529. The second-order valence-electron chi connectivity index (χ2n) is 5.83. The van der Waals surface area contributed by atoms with Crippen LogP contribution in [0.1, 0.15) is 31.7 Å². The Hall–Kier alpha value is -1.99. The van der Waals surface area contributed by atoms with Gasteiger partial charge in [0.2, 0.25) is 0 Å². The molecule has 2 unspecified atom stereocenters. The monoisotopic (exact) mass is 339 g/mol. The minimum absolute atomic E-state index is 0.0155. The van der Waals surface area contributed by atoms with Gasteiger partial charge in [-0.05, 0) is 43.9 Å². The summed E-state index contributed by atoms with van der Waals surface area (Å²) in [5.74, 6) is -2.17. The molecule has 1 aliphatic rings. The Morgan fingerprint density at radius 2 is 2.25 bits per heavy atom. The molecular formula is C17H22FNO5. The van der Waals surface area contributed by atoms with Crippen molar-refractivity contribution in [2.24, 2.45) is 0 Å². The van der Waals surface area contributed by atoms with Crippen molar-refractivity contribution in [2.45, 2.75) is 44.8 Å². The van der Waals surface area contributed by atoms with Crippen molar-refractivity contribution >= 4 is 17.6 Å². The van der Waals surface area contributed by atoms with Crippen molar-refractivity contribution in [1.29, 1.82) is 0 Å². The number of hydrogen-bond donors (Lipinski definition) is 2. The summed E-state index contributed by atoms with van der Waals surface area (Å²) in [6, 6.07) is 3.92. The topological polar surface area (TPSA) is 84.9 Å². The highest BCUT2D eigenvalue weighted by atomic mass is 19.1. The standard InChI is InChI=1S/C17H22FNO5/c1-11(24-10-14-4-2-3-7-23-14)17(22)19-13-6-5-12(8-16(20)21)15(18)9-13/h5-6,9,11,14H,2-4,7-8,10H2,1H3,(H,19,22)(H,20,21). The Morgan fingerprint density at radius 1 is 1.46 bits per heavy atom. The van der Waals surface area contributed by atoms with E-state index in [1.54, 1.807) is 6.92 Å². The first-order valence-corrected chi connectivity index (χ1v) is 8.00. The van der Waals surface area contributed by atoms with E-state index in [-0.39, 0.29) is 17.4 Å². The summed E-state index contributed by atoms with van der Waals surface area (Å²) in [6.45, 7) is 2.68. The Balaban J connectivity index is 1.84. The maximum Gasteiger partial charge on any atom is 0.307 e. The molecule has 0 radical (unpaired) electrons. The molecule has 24 heavy (non-hydrogen) atoms. The van der Waals surface area contributed by atoms with E-state index in [2.05, 4.69) is 5.32 Å². The van der Waals surface area contributed by atoms with Gasteiger partial charge in [-0.2, -0.15) is 0 Å². The van der Waals surface area contributed by atoms with Gasteiger partial charge in [0.15, 0.2) is 0 Å². The number of carbonyl (C=O) groups is 2. The Labute approximate surface area is 139 Å². The number of nitrogens with one attached hydrogen (secondary N) is 1. The fourth-order valence-corrected chi connectivity index (χ4v) is 2.44. The van der Waals surface area contributed by atoms with Gasteiger partial charge >= 0.3 is 5.97 Å². The lowest BCUT2D eigenvalue weighted by Crippen LogP contribution is -2.32. The summed E-state index contributed by atoms with van der Waals surface area (Å²) in [5, 5.41) is 11.2. The van der Waals surface area contributed by atoms with Crippen LogP contribution in [-0.2, 0) is 25.5 Å². The minimum Gasteiger partial charge on any atom is -0.481 e. The number of carbonyl (C=O) groups excluding carboxylic acids is 1. The molecule has 6 nitrogen and oxygen atoms in total. The zero-order valence-corrected chi connectivity index (χ0v) is 13.6. The summed E-state index contributed by atoms with van der Waals surface area (Å²) in [7, 11) is 0. The molecule has 0 aliphatic carbocycles. The number of anilines is 1. The average Bonchev–Trinajstić information content (AvgIpc) is 2.55. The molecule has 1 aromatic carbocycles. The highest BCUT2D eigenvalue weighted by molar-refractivity contribution is 5.93. The Kier molecular flexibility index (Phi) is 6.69. The van der Waals surface area contributed by atoms with E-state index in [1.807, 2.05) is 0 Å². The molecule has 132 valence electrons. The van der Waals surface area contributed by atoms with E-state index in [0.29, 0.717) is 6.61 Å². The normalized spacial score (nSPS) is 18.8. The lowest BCUT2D eigenvalue weighted by Gasteiger charge is -2.23. The zero-order valence-electron chi connectivity index (χ0n) is 13.6. The minimum atomic E-state index is -1.11. The molecule has 1 fully saturated rings. The first-order chi connectivity index (χ1) is 11.5. The molecule has 7 heteroatoms. The third-order valence-electron chi connectivity index (χ3n) is 3.84. The molecule has 1 saturated heterocycles.